The lowest BCUT2D eigenvalue weighted by Gasteiger charge is -2.04. The van der Waals surface area contributed by atoms with Gasteiger partial charge in [0.25, 0.3) is 0 Å². The van der Waals surface area contributed by atoms with Gasteiger partial charge in [-0.15, -0.1) is 0 Å². The van der Waals surface area contributed by atoms with Crippen LogP contribution in [0.3, 0.4) is 0 Å². The Labute approximate surface area is 210 Å². The Bertz CT molecular complexity index is 934. The summed E-state index contributed by atoms with van der Waals surface area (Å²) in [6, 6.07) is 15.8. The van der Waals surface area contributed by atoms with E-state index in [0.29, 0.717) is 19.1 Å². The van der Waals surface area contributed by atoms with Crippen molar-refractivity contribution < 1.29 is 13.9 Å². The molecule has 0 saturated heterocycles. The van der Waals surface area contributed by atoms with Crippen molar-refractivity contribution >= 4 is 0 Å². The van der Waals surface area contributed by atoms with Gasteiger partial charge < -0.3 is 13.9 Å². The minimum Gasteiger partial charge on any atom is -0.490 e. The van der Waals surface area contributed by atoms with Crippen LogP contribution in [0.1, 0.15) is 65.2 Å². The predicted octanol–water partition coefficient (Wildman–Crippen LogP) is 9.04. The highest BCUT2D eigenvalue weighted by Gasteiger charge is 2.09. The Morgan fingerprint density at radius 2 is 1.17 bits per heavy atom. The van der Waals surface area contributed by atoms with E-state index in [2.05, 4.69) is 43.1 Å². The summed E-state index contributed by atoms with van der Waals surface area (Å²) in [4.78, 5) is 4.46. The van der Waals surface area contributed by atoms with Gasteiger partial charge in [-0.1, -0.05) is 63.8 Å². The van der Waals surface area contributed by atoms with Gasteiger partial charge in [0.15, 0.2) is 5.76 Å². The lowest BCUT2D eigenvalue weighted by molar-refractivity contribution is 0.362. The van der Waals surface area contributed by atoms with Gasteiger partial charge in [0.2, 0.25) is 5.89 Å². The normalized spacial score (nSPS) is 11.5. The maximum absolute atomic E-state index is 6.01. The van der Waals surface area contributed by atoms with E-state index in [4.69, 9.17) is 13.9 Å². The average Bonchev–Trinajstić information content (AvgIpc) is 3.39. The van der Waals surface area contributed by atoms with Crippen molar-refractivity contribution in [2.24, 2.45) is 0 Å². The highest BCUT2D eigenvalue weighted by Crippen LogP contribution is 2.28. The second kappa shape index (κ2) is 15.6. The Morgan fingerprint density at radius 1 is 0.657 bits per heavy atom. The topological polar surface area (TPSA) is 44.5 Å². The molecule has 0 atom stereocenters. The van der Waals surface area contributed by atoms with Crippen molar-refractivity contribution in [1.29, 1.82) is 0 Å². The number of allylic oxidation sites excluding steroid dienone is 2. The summed E-state index contributed by atoms with van der Waals surface area (Å²) in [5.74, 6) is 3.01. The molecule has 0 aliphatic rings. The second-order valence-electron chi connectivity index (χ2n) is 8.63. The standard InChI is InChI=1S/C31H39NO3/c1-3-5-7-9-11-13-23-33-28-19-15-26(16-20-28)30-25-32-31(35-30)27-17-21-29(22-18-27)34-24-14-12-10-8-6-4-2/h11-22,25H,3-10,23-24H2,1-2H3. The SMILES string of the molecule is CCCCCC=CCOc1ccc(-c2cnc(-c3ccc(OCC=CCCCCC)cc3)o2)cc1. The summed E-state index contributed by atoms with van der Waals surface area (Å²) in [5, 5.41) is 0. The fourth-order valence-corrected chi connectivity index (χ4v) is 3.64. The molecule has 0 fully saturated rings. The van der Waals surface area contributed by atoms with E-state index in [1.165, 1.54) is 38.5 Å². The van der Waals surface area contributed by atoms with Crippen LogP contribution in [0.4, 0.5) is 0 Å². The summed E-state index contributed by atoms with van der Waals surface area (Å²) in [6.07, 6.45) is 20.1. The highest BCUT2D eigenvalue weighted by atomic mass is 16.5. The summed E-state index contributed by atoms with van der Waals surface area (Å²) in [6.45, 7) is 5.62. The van der Waals surface area contributed by atoms with Gasteiger partial charge in [-0.05, 0) is 74.2 Å². The van der Waals surface area contributed by atoms with Gasteiger partial charge in [-0.2, -0.15) is 0 Å². The van der Waals surface area contributed by atoms with Crippen LogP contribution in [0.25, 0.3) is 22.8 Å². The largest absolute Gasteiger partial charge is 0.490 e. The number of unbranched alkanes of at least 4 members (excludes halogenated alkanes) is 6. The monoisotopic (exact) mass is 473 g/mol. The van der Waals surface area contributed by atoms with Crippen molar-refractivity contribution in [2.75, 3.05) is 13.2 Å². The van der Waals surface area contributed by atoms with Crippen LogP contribution in [-0.2, 0) is 0 Å². The minimum absolute atomic E-state index is 0.587. The first-order chi connectivity index (χ1) is 17.3. The zero-order valence-corrected chi connectivity index (χ0v) is 21.2. The van der Waals surface area contributed by atoms with Crippen molar-refractivity contribution in [3.05, 3.63) is 79.0 Å². The van der Waals surface area contributed by atoms with Crippen molar-refractivity contribution in [3.63, 3.8) is 0 Å². The fourth-order valence-electron chi connectivity index (χ4n) is 3.64. The Balaban J connectivity index is 1.46. The molecular weight excluding hydrogens is 434 g/mol. The molecule has 0 aliphatic carbocycles. The van der Waals surface area contributed by atoms with Crippen molar-refractivity contribution in [2.45, 2.75) is 65.2 Å². The van der Waals surface area contributed by atoms with E-state index < -0.39 is 0 Å². The molecule has 0 spiro atoms. The third kappa shape index (κ3) is 9.48. The molecule has 0 saturated carbocycles. The zero-order valence-electron chi connectivity index (χ0n) is 21.2. The van der Waals surface area contributed by atoms with Crippen molar-refractivity contribution in [1.82, 2.24) is 4.98 Å². The van der Waals surface area contributed by atoms with Crippen LogP contribution in [0, 0.1) is 0 Å². The van der Waals surface area contributed by atoms with Crippen LogP contribution < -0.4 is 9.47 Å². The quantitative estimate of drug-likeness (QED) is 0.154. The van der Waals surface area contributed by atoms with Crippen LogP contribution in [0.15, 0.2) is 83.4 Å². The van der Waals surface area contributed by atoms with Crippen molar-refractivity contribution in [3.8, 4) is 34.3 Å². The first kappa shape index (κ1) is 26.3. The molecule has 1 aromatic heterocycles. The van der Waals surface area contributed by atoms with E-state index in [-0.39, 0.29) is 0 Å². The molecule has 4 heteroatoms. The molecule has 4 nitrogen and oxygen atoms in total. The Hall–Kier alpha value is -3.27. The molecule has 0 unspecified atom stereocenters. The van der Waals surface area contributed by atoms with Gasteiger partial charge in [0, 0.05) is 11.1 Å². The third-order valence-corrected chi connectivity index (χ3v) is 5.72. The molecule has 0 amide bonds. The summed E-state index contributed by atoms with van der Waals surface area (Å²) in [7, 11) is 0. The molecule has 0 bridgehead atoms. The number of hydrogen-bond donors (Lipinski definition) is 0. The van der Waals surface area contributed by atoms with E-state index in [0.717, 1.165) is 41.2 Å². The Kier molecular flexibility index (Phi) is 11.7. The second-order valence-corrected chi connectivity index (χ2v) is 8.63. The number of aromatic nitrogens is 1. The molecule has 3 aromatic rings. The lowest BCUT2D eigenvalue weighted by Crippen LogP contribution is -1.93. The average molecular weight is 474 g/mol. The number of oxazole rings is 1. The fraction of sp³-hybridized carbons (Fsp3) is 0.387. The first-order valence-corrected chi connectivity index (χ1v) is 13.0. The number of rotatable bonds is 16. The number of benzene rings is 2. The summed E-state index contributed by atoms with van der Waals surface area (Å²) in [5.41, 5.74) is 1.89. The Morgan fingerprint density at radius 3 is 1.69 bits per heavy atom. The number of hydrogen-bond acceptors (Lipinski definition) is 4. The first-order valence-electron chi connectivity index (χ1n) is 13.0. The number of ether oxygens (including phenoxy) is 2. The zero-order chi connectivity index (χ0) is 24.6. The molecule has 0 N–H and O–H groups in total. The molecule has 0 aliphatic heterocycles. The van der Waals surface area contributed by atoms with Gasteiger partial charge in [-0.25, -0.2) is 4.98 Å². The highest BCUT2D eigenvalue weighted by molar-refractivity contribution is 5.62. The summed E-state index contributed by atoms with van der Waals surface area (Å²) >= 11 is 0. The number of nitrogens with zero attached hydrogens (tertiary/aromatic N) is 1. The van der Waals surface area contributed by atoms with E-state index >= 15 is 0 Å². The smallest absolute Gasteiger partial charge is 0.226 e. The van der Waals surface area contributed by atoms with Crippen LogP contribution >= 0.6 is 0 Å². The minimum atomic E-state index is 0.587. The molecule has 186 valence electrons. The van der Waals surface area contributed by atoms with Gasteiger partial charge in [0.05, 0.1) is 6.20 Å². The van der Waals surface area contributed by atoms with Crippen LogP contribution in [0.5, 0.6) is 11.5 Å². The summed E-state index contributed by atoms with van der Waals surface area (Å²) < 4.78 is 17.6. The van der Waals surface area contributed by atoms with Crippen LogP contribution in [0.2, 0.25) is 0 Å². The van der Waals surface area contributed by atoms with Gasteiger partial charge >= 0.3 is 0 Å². The van der Waals surface area contributed by atoms with E-state index in [1.54, 1.807) is 6.20 Å². The van der Waals surface area contributed by atoms with Gasteiger partial charge in [0.1, 0.15) is 24.7 Å². The molecule has 1 heterocycles. The van der Waals surface area contributed by atoms with Crippen LogP contribution in [-0.4, -0.2) is 18.2 Å². The molecule has 3 rings (SSSR count). The molecular formula is C31H39NO3. The van der Waals surface area contributed by atoms with E-state index in [1.807, 2.05) is 48.5 Å². The lowest BCUT2D eigenvalue weighted by atomic mass is 10.2. The molecule has 0 radical (unpaired) electrons. The molecule has 35 heavy (non-hydrogen) atoms. The predicted molar refractivity (Wildman–Crippen MR) is 145 cm³/mol. The molecule has 2 aromatic carbocycles. The maximum atomic E-state index is 6.01. The maximum Gasteiger partial charge on any atom is 0.226 e. The third-order valence-electron chi connectivity index (χ3n) is 5.72. The van der Waals surface area contributed by atoms with E-state index in [9.17, 15) is 0 Å². The van der Waals surface area contributed by atoms with Gasteiger partial charge in [-0.3, -0.25) is 0 Å².